The first-order valence-electron chi connectivity index (χ1n) is 5.04. The Morgan fingerprint density at radius 2 is 2.12 bits per heavy atom. The minimum Gasteiger partial charge on any atom is -0.408 e. The summed E-state index contributed by atoms with van der Waals surface area (Å²) in [4.78, 5) is 11.9. The van der Waals surface area contributed by atoms with Crippen LogP contribution in [0.4, 0.5) is 11.7 Å². The van der Waals surface area contributed by atoms with Gasteiger partial charge in [0.25, 0.3) is 5.91 Å². The summed E-state index contributed by atoms with van der Waals surface area (Å²) in [6.07, 6.45) is 0. The number of aromatic nitrogens is 2. The lowest BCUT2D eigenvalue weighted by molar-refractivity contribution is 0.102. The quantitative estimate of drug-likeness (QED) is 0.765. The van der Waals surface area contributed by atoms with Crippen molar-refractivity contribution in [2.75, 3.05) is 11.1 Å². The standard InChI is InChI=1S/C11H12N4O2/c1-6-4-3-5-8(12)9(6)10(16)13-11-15-14-7(2)17-11/h3-5H,12H2,1-2H3,(H,13,15,16). The molecule has 2 rings (SSSR count). The second-order valence-electron chi connectivity index (χ2n) is 3.62. The Balaban J connectivity index is 2.26. The van der Waals surface area contributed by atoms with Gasteiger partial charge in [-0.15, -0.1) is 5.10 Å². The van der Waals surface area contributed by atoms with Crippen LogP contribution >= 0.6 is 0 Å². The van der Waals surface area contributed by atoms with E-state index < -0.39 is 0 Å². The Morgan fingerprint density at radius 1 is 1.35 bits per heavy atom. The van der Waals surface area contributed by atoms with Crippen molar-refractivity contribution in [2.24, 2.45) is 0 Å². The summed E-state index contributed by atoms with van der Waals surface area (Å²) >= 11 is 0. The average Bonchev–Trinajstić information content (AvgIpc) is 2.63. The zero-order chi connectivity index (χ0) is 12.4. The van der Waals surface area contributed by atoms with Crippen LogP contribution in [0.1, 0.15) is 21.8 Å². The minimum atomic E-state index is -0.357. The van der Waals surface area contributed by atoms with Crippen molar-refractivity contribution in [2.45, 2.75) is 13.8 Å². The maximum Gasteiger partial charge on any atom is 0.322 e. The molecule has 0 radical (unpaired) electrons. The Kier molecular flexibility index (Phi) is 2.78. The van der Waals surface area contributed by atoms with E-state index in [0.29, 0.717) is 17.1 Å². The number of anilines is 2. The first-order chi connectivity index (χ1) is 8.08. The third kappa shape index (κ3) is 2.25. The van der Waals surface area contributed by atoms with Gasteiger partial charge in [0, 0.05) is 12.6 Å². The molecule has 0 fully saturated rings. The number of nitrogen functional groups attached to an aromatic ring is 1. The van der Waals surface area contributed by atoms with Gasteiger partial charge >= 0.3 is 6.01 Å². The van der Waals surface area contributed by atoms with Crippen LogP contribution in [-0.4, -0.2) is 16.1 Å². The highest BCUT2D eigenvalue weighted by molar-refractivity contribution is 6.07. The van der Waals surface area contributed by atoms with Gasteiger partial charge in [0.2, 0.25) is 5.89 Å². The fourth-order valence-electron chi connectivity index (χ4n) is 1.51. The topological polar surface area (TPSA) is 94.0 Å². The van der Waals surface area contributed by atoms with Gasteiger partial charge in [-0.2, -0.15) is 0 Å². The lowest BCUT2D eigenvalue weighted by Gasteiger charge is -2.07. The van der Waals surface area contributed by atoms with Crippen LogP contribution in [0.5, 0.6) is 0 Å². The summed E-state index contributed by atoms with van der Waals surface area (Å²) in [5.74, 6) is 0.0299. The van der Waals surface area contributed by atoms with Crippen molar-refractivity contribution in [1.29, 1.82) is 0 Å². The summed E-state index contributed by atoms with van der Waals surface area (Å²) in [7, 11) is 0. The molecule has 0 saturated heterocycles. The molecule has 0 bridgehead atoms. The lowest BCUT2D eigenvalue weighted by atomic mass is 10.1. The van der Waals surface area contributed by atoms with Crippen LogP contribution in [0, 0.1) is 13.8 Å². The molecule has 1 amide bonds. The molecular weight excluding hydrogens is 220 g/mol. The van der Waals surface area contributed by atoms with Gasteiger partial charge in [-0.05, 0) is 18.6 Å². The van der Waals surface area contributed by atoms with E-state index in [0.717, 1.165) is 5.56 Å². The number of aryl methyl sites for hydroxylation is 2. The highest BCUT2D eigenvalue weighted by Gasteiger charge is 2.15. The van der Waals surface area contributed by atoms with Gasteiger partial charge in [0.1, 0.15) is 0 Å². The number of rotatable bonds is 2. The number of hydrogen-bond acceptors (Lipinski definition) is 5. The number of carbonyl (C=O) groups is 1. The summed E-state index contributed by atoms with van der Waals surface area (Å²) in [6.45, 7) is 3.45. The van der Waals surface area contributed by atoms with E-state index in [2.05, 4.69) is 15.5 Å². The number of amides is 1. The molecule has 0 aliphatic carbocycles. The highest BCUT2D eigenvalue weighted by Crippen LogP contribution is 2.17. The van der Waals surface area contributed by atoms with Crippen molar-refractivity contribution in [3.05, 3.63) is 35.2 Å². The molecule has 2 aromatic rings. The largest absolute Gasteiger partial charge is 0.408 e. The Morgan fingerprint density at radius 3 is 2.71 bits per heavy atom. The first-order valence-corrected chi connectivity index (χ1v) is 5.04. The third-order valence-corrected chi connectivity index (χ3v) is 2.28. The van der Waals surface area contributed by atoms with Gasteiger partial charge in [-0.3, -0.25) is 10.1 Å². The Bertz CT molecular complexity index is 542. The van der Waals surface area contributed by atoms with E-state index in [1.54, 1.807) is 19.1 Å². The second-order valence-corrected chi connectivity index (χ2v) is 3.62. The summed E-state index contributed by atoms with van der Waals surface area (Å²) in [6, 6.07) is 5.33. The van der Waals surface area contributed by atoms with Crippen LogP contribution in [-0.2, 0) is 0 Å². The van der Waals surface area contributed by atoms with Crippen molar-refractivity contribution in [3.8, 4) is 0 Å². The number of nitrogens with zero attached hydrogens (tertiary/aromatic N) is 2. The van der Waals surface area contributed by atoms with Crippen molar-refractivity contribution in [1.82, 2.24) is 10.2 Å². The first kappa shape index (κ1) is 11.1. The summed E-state index contributed by atoms with van der Waals surface area (Å²) in [5, 5.41) is 9.80. The molecule has 17 heavy (non-hydrogen) atoms. The minimum absolute atomic E-state index is 0.0650. The van der Waals surface area contributed by atoms with Crippen molar-refractivity contribution >= 4 is 17.6 Å². The molecular formula is C11H12N4O2. The predicted molar refractivity (Wildman–Crippen MR) is 62.6 cm³/mol. The van der Waals surface area contributed by atoms with Crippen LogP contribution in [0.15, 0.2) is 22.6 Å². The molecule has 0 aliphatic heterocycles. The molecule has 1 aromatic carbocycles. The molecule has 3 N–H and O–H groups in total. The van der Waals surface area contributed by atoms with Gasteiger partial charge in [0.05, 0.1) is 5.56 Å². The summed E-state index contributed by atoms with van der Waals surface area (Å²) in [5.41, 5.74) is 7.38. The van der Waals surface area contributed by atoms with Crippen LogP contribution in [0.3, 0.4) is 0 Å². The molecule has 88 valence electrons. The normalized spacial score (nSPS) is 10.2. The van der Waals surface area contributed by atoms with Gasteiger partial charge in [-0.25, -0.2) is 0 Å². The molecule has 0 atom stereocenters. The zero-order valence-electron chi connectivity index (χ0n) is 9.52. The van der Waals surface area contributed by atoms with E-state index in [9.17, 15) is 4.79 Å². The van der Waals surface area contributed by atoms with Crippen LogP contribution < -0.4 is 11.1 Å². The predicted octanol–water partition coefficient (Wildman–Crippen LogP) is 1.52. The molecule has 1 heterocycles. The highest BCUT2D eigenvalue weighted by atomic mass is 16.4. The maximum atomic E-state index is 11.9. The number of nitrogens with one attached hydrogen (secondary N) is 1. The maximum absolute atomic E-state index is 11.9. The van der Waals surface area contributed by atoms with E-state index in [4.69, 9.17) is 10.2 Å². The summed E-state index contributed by atoms with van der Waals surface area (Å²) < 4.78 is 5.06. The number of hydrogen-bond donors (Lipinski definition) is 2. The number of benzene rings is 1. The molecule has 1 aromatic heterocycles. The van der Waals surface area contributed by atoms with E-state index >= 15 is 0 Å². The van der Waals surface area contributed by atoms with Crippen LogP contribution in [0.2, 0.25) is 0 Å². The van der Waals surface area contributed by atoms with E-state index in [1.807, 2.05) is 13.0 Å². The molecule has 6 nitrogen and oxygen atoms in total. The smallest absolute Gasteiger partial charge is 0.322 e. The number of nitrogens with two attached hydrogens (primary N) is 1. The molecule has 0 unspecified atom stereocenters. The van der Waals surface area contributed by atoms with Gasteiger partial charge < -0.3 is 10.2 Å². The fraction of sp³-hybridized carbons (Fsp3) is 0.182. The molecule has 6 heteroatoms. The average molecular weight is 232 g/mol. The second kappa shape index (κ2) is 4.25. The SMILES string of the molecule is Cc1nnc(NC(=O)c2c(C)cccc2N)o1. The van der Waals surface area contributed by atoms with E-state index in [1.165, 1.54) is 0 Å². The Labute approximate surface area is 97.8 Å². The number of carbonyl (C=O) groups excluding carboxylic acids is 1. The van der Waals surface area contributed by atoms with Gasteiger partial charge in [0.15, 0.2) is 0 Å². The zero-order valence-corrected chi connectivity index (χ0v) is 9.52. The monoisotopic (exact) mass is 232 g/mol. The van der Waals surface area contributed by atoms with Crippen LogP contribution in [0.25, 0.3) is 0 Å². The lowest BCUT2D eigenvalue weighted by Crippen LogP contribution is -2.15. The van der Waals surface area contributed by atoms with Crippen molar-refractivity contribution in [3.63, 3.8) is 0 Å². The molecule has 0 aliphatic rings. The Hall–Kier alpha value is -2.37. The van der Waals surface area contributed by atoms with Crippen molar-refractivity contribution < 1.29 is 9.21 Å². The van der Waals surface area contributed by atoms with E-state index in [-0.39, 0.29) is 11.9 Å². The third-order valence-electron chi connectivity index (χ3n) is 2.28. The molecule has 0 spiro atoms. The molecule has 0 saturated carbocycles. The fourth-order valence-corrected chi connectivity index (χ4v) is 1.51. The van der Waals surface area contributed by atoms with Gasteiger partial charge in [-0.1, -0.05) is 17.2 Å².